The molecule has 18 heavy (non-hydrogen) atoms. The Morgan fingerprint density at radius 2 is 1.78 bits per heavy atom. The Labute approximate surface area is 120 Å². The number of nitrogens with one attached hydrogen (secondary N) is 1. The number of halogens is 3. The van der Waals surface area contributed by atoms with Gasteiger partial charge in [-0.3, -0.25) is 4.79 Å². The highest BCUT2D eigenvalue weighted by Gasteiger charge is 2.11. The zero-order valence-corrected chi connectivity index (χ0v) is 12.3. The summed E-state index contributed by atoms with van der Waals surface area (Å²) in [6.45, 7) is 0. The van der Waals surface area contributed by atoms with Gasteiger partial charge in [0.05, 0.1) is 11.3 Å². The van der Waals surface area contributed by atoms with Crippen LogP contribution in [0.4, 0.5) is 10.1 Å². The second-order valence-electron chi connectivity index (χ2n) is 3.56. The molecule has 0 radical (unpaired) electrons. The topological polar surface area (TPSA) is 29.1 Å². The molecule has 0 aliphatic carbocycles. The molecular weight excluding hydrogens is 365 g/mol. The summed E-state index contributed by atoms with van der Waals surface area (Å²) in [5.41, 5.74) is 1.05. The average molecular weight is 373 g/mol. The maximum Gasteiger partial charge on any atom is 0.256 e. The molecule has 92 valence electrons. The van der Waals surface area contributed by atoms with Gasteiger partial charge in [0, 0.05) is 8.95 Å². The molecule has 0 aliphatic rings. The normalized spacial score (nSPS) is 10.2. The van der Waals surface area contributed by atoms with Gasteiger partial charge in [-0.1, -0.05) is 12.1 Å². The number of anilines is 1. The van der Waals surface area contributed by atoms with E-state index in [-0.39, 0.29) is 11.7 Å². The molecule has 2 nitrogen and oxygen atoms in total. The standard InChI is InChI=1S/C13H8Br2FNO/c14-10-3-1-2-4-12(10)17-13(18)9-6-5-8(16)7-11(9)15/h1-7H,(H,17,18). The van der Waals surface area contributed by atoms with E-state index in [4.69, 9.17) is 0 Å². The van der Waals surface area contributed by atoms with Crippen molar-refractivity contribution >= 4 is 43.5 Å². The van der Waals surface area contributed by atoms with Crippen molar-refractivity contribution < 1.29 is 9.18 Å². The van der Waals surface area contributed by atoms with Crippen LogP contribution in [0.2, 0.25) is 0 Å². The Bertz CT molecular complexity index is 601. The smallest absolute Gasteiger partial charge is 0.256 e. The molecule has 1 amide bonds. The molecule has 2 aromatic carbocycles. The molecule has 0 bridgehead atoms. The summed E-state index contributed by atoms with van der Waals surface area (Å²) in [5, 5.41) is 2.75. The van der Waals surface area contributed by atoms with Crippen LogP contribution >= 0.6 is 31.9 Å². The number of para-hydroxylation sites is 1. The highest BCUT2D eigenvalue weighted by molar-refractivity contribution is 9.11. The Balaban J connectivity index is 2.25. The molecule has 0 fully saturated rings. The lowest BCUT2D eigenvalue weighted by atomic mass is 10.2. The predicted molar refractivity (Wildman–Crippen MR) is 76.2 cm³/mol. The Morgan fingerprint density at radius 3 is 2.44 bits per heavy atom. The highest BCUT2D eigenvalue weighted by atomic mass is 79.9. The van der Waals surface area contributed by atoms with E-state index >= 15 is 0 Å². The minimum Gasteiger partial charge on any atom is -0.321 e. The monoisotopic (exact) mass is 371 g/mol. The number of carbonyl (C=O) groups excluding carboxylic acids is 1. The van der Waals surface area contributed by atoms with E-state index < -0.39 is 0 Å². The van der Waals surface area contributed by atoms with Gasteiger partial charge in [-0.25, -0.2) is 4.39 Å². The van der Waals surface area contributed by atoms with Gasteiger partial charge in [-0.05, 0) is 62.2 Å². The van der Waals surface area contributed by atoms with E-state index in [0.29, 0.717) is 15.7 Å². The van der Waals surface area contributed by atoms with E-state index in [0.717, 1.165) is 4.47 Å². The van der Waals surface area contributed by atoms with Gasteiger partial charge in [-0.2, -0.15) is 0 Å². The first kappa shape index (κ1) is 13.2. The molecule has 0 atom stereocenters. The van der Waals surface area contributed by atoms with Gasteiger partial charge in [0.2, 0.25) is 0 Å². The zero-order valence-electron chi connectivity index (χ0n) is 9.08. The molecule has 0 saturated heterocycles. The summed E-state index contributed by atoms with van der Waals surface area (Å²) in [7, 11) is 0. The van der Waals surface area contributed by atoms with Crippen LogP contribution in [0, 0.1) is 5.82 Å². The Morgan fingerprint density at radius 1 is 1.06 bits per heavy atom. The molecule has 0 spiro atoms. The van der Waals surface area contributed by atoms with Crippen molar-refractivity contribution in [1.82, 2.24) is 0 Å². The van der Waals surface area contributed by atoms with E-state index in [1.54, 1.807) is 6.07 Å². The second kappa shape index (κ2) is 5.63. The van der Waals surface area contributed by atoms with Crippen molar-refractivity contribution in [2.75, 3.05) is 5.32 Å². The third kappa shape index (κ3) is 2.97. The lowest BCUT2D eigenvalue weighted by Crippen LogP contribution is -2.13. The maximum absolute atomic E-state index is 12.9. The summed E-state index contributed by atoms with van der Waals surface area (Å²) in [6.07, 6.45) is 0. The Kier molecular flexibility index (Phi) is 4.14. The van der Waals surface area contributed by atoms with Crippen molar-refractivity contribution in [3.63, 3.8) is 0 Å². The summed E-state index contributed by atoms with van der Waals surface area (Å²) >= 11 is 6.51. The first-order valence-corrected chi connectivity index (χ1v) is 6.67. The lowest BCUT2D eigenvalue weighted by molar-refractivity contribution is 0.102. The minimum absolute atomic E-state index is 0.297. The van der Waals surface area contributed by atoms with Gasteiger partial charge in [0.25, 0.3) is 5.91 Å². The van der Waals surface area contributed by atoms with Crippen LogP contribution < -0.4 is 5.32 Å². The van der Waals surface area contributed by atoms with Crippen LogP contribution in [0.25, 0.3) is 0 Å². The van der Waals surface area contributed by atoms with E-state index in [1.165, 1.54) is 18.2 Å². The molecule has 2 aromatic rings. The van der Waals surface area contributed by atoms with E-state index in [2.05, 4.69) is 37.2 Å². The van der Waals surface area contributed by atoms with Crippen LogP contribution in [0.5, 0.6) is 0 Å². The molecule has 2 rings (SSSR count). The lowest BCUT2D eigenvalue weighted by Gasteiger charge is -2.08. The predicted octanol–water partition coefficient (Wildman–Crippen LogP) is 4.60. The van der Waals surface area contributed by atoms with Gasteiger partial charge in [-0.15, -0.1) is 0 Å². The van der Waals surface area contributed by atoms with Crippen LogP contribution in [0.1, 0.15) is 10.4 Å². The van der Waals surface area contributed by atoms with Gasteiger partial charge < -0.3 is 5.32 Å². The molecule has 0 aliphatic heterocycles. The summed E-state index contributed by atoms with van der Waals surface area (Å²) in [5.74, 6) is -0.687. The van der Waals surface area contributed by atoms with E-state index in [9.17, 15) is 9.18 Å². The quantitative estimate of drug-likeness (QED) is 0.819. The zero-order chi connectivity index (χ0) is 13.1. The molecule has 0 saturated carbocycles. The van der Waals surface area contributed by atoms with Crippen molar-refractivity contribution in [3.05, 3.63) is 62.8 Å². The number of hydrogen-bond acceptors (Lipinski definition) is 1. The highest BCUT2D eigenvalue weighted by Crippen LogP contribution is 2.24. The van der Waals surface area contributed by atoms with Crippen molar-refractivity contribution in [1.29, 1.82) is 0 Å². The number of benzene rings is 2. The summed E-state index contributed by atoms with van der Waals surface area (Å²) in [6, 6.07) is 11.2. The number of amides is 1. The molecular formula is C13H8Br2FNO. The number of carbonyl (C=O) groups is 1. The van der Waals surface area contributed by atoms with Crippen molar-refractivity contribution in [3.8, 4) is 0 Å². The van der Waals surface area contributed by atoms with Crippen LogP contribution in [-0.2, 0) is 0 Å². The molecule has 5 heteroatoms. The fourth-order valence-corrected chi connectivity index (χ4v) is 2.34. The molecule has 0 aromatic heterocycles. The fourth-order valence-electron chi connectivity index (χ4n) is 1.43. The number of hydrogen-bond donors (Lipinski definition) is 1. The van der Waals surface area contributed by atoms with Gasteiger partial charge >= 0.3 is 0 Å². The molecule has 0 heterocycles. The van der Waals surface area contributed by atoms with Crippen LogP contribution in [0.3, 0.4) is 0 Å². The third-order valence-corrected chi connectivity index (χ3v) is 3.65. The largest absolute Gasteiger partial charge is 0.321 e. The van der Waals surface area contributed by atoms with Gasteiger partial charge in [0.15, 0.2) is 0 Å². The first-order valence-electron chi connectivity index (χ1n) is 5.09. The SMILES string of the molecule is O=C(Nc1ccccc1Br)c1ccc(F)cc1Br. The third-order valence-electron chi connectivity index (χ3n) is 2.30. The Hall–Kier alpha value is -1.20. The van der Waals surface area contributed by atoms with Crippen molar-refractivity contribution in [2.45, 2.75) is 0 Å². The van der Waals surface area contributed by atoms with E-state index in [1.807, 2.05) is 18.2 Å². The fraction of sp³-hybridized carbons (Fsp3) is 0. The number of rotatable bonds is 2. The maximum atomic E-state index is 12.9. The van der Waals surface area contributed by atoms with Gasteiger partial charge in [0.1, 0.15) is 5.82 Å². The van der Waals surface area contributed by atoms with Crippen LogP contribution in [-0.4, -0.2) is 5.91 Å². The minimum atomic E-state index is -0.390. The average Bonchev–Trinajstić information content (AvgIpc) is 2.32. The summed E-state index contributed by atoms with van der Waals surface area (Å²) in [4.78, 5) is 12.0. The second-order valence-corrected chi connectivity index (χ2v) is 5.27. The molecule has 1 N–H and O–H groups in total. The summed E-state index contributed by atoms with van der Waals surface area (Å²) < 4.78 is 14.1. The van der Waals surface area contributed by atoms with Crippen molar-refractivity contribution in [2.24, 2.45) is 0 Å². The first-order chi connectivity index (χ1) is 8.58. The molecule has 0 unspecified atom stereocenters. The van der Waals surface area contributed by atoms with Crippen LogP contribution in [0.15, 0.2) is 51.4 Å².